The maximum atomic E-state index is 12.4. The number of rotatable bonds is 3. The molecule has 1 unspecified atom stereocenters. The van der Waals surface area contributed by atoms with Crippen LogP contribution in [0.15, 0.2) is 18.5 Å². The third-order valence-electron chi connectivity index (χ3n) is 3.97. The van der Waals surface area contributed by atoms with E-state index in [1.54, 1.807) is 10.9 Å². The van der Waals surface area contributed by atoms with Crippen LogP contribution in [-0.2, 0) is 11.3 Å². The average Bonchev–Trinajstić information content (AvgIpc) is 3.07. The summed E-state index contributed by atoms with van der Waals surface area (Å²) in [5.41, 5.74) is 3.04. The molecule has 1 aliphatic heterocycles. The van der Waals surface area contributed by atoms with Gasteiger partial charge in [0.2, 0.25) is 5.91 Å². The first-order chi connectivity index (χ1) is 10.5. The lowest BCUT2D eigenvalue weighted by Gasteiger charge is -2.16. The predicted octanol–water partition coefficient (Wildman–Crippen LogP) is 1.61. The summed E-state index contributed by atoms with van der Waals surface area (Å²) in [7, 11) is 0. The Bertz CT molecular complexity index is 673. The molecule has 0 bridgehead atoms. The highest BCUT2D eigenvalue weighted by atomic mass is 16.2. The lowest BCUT2D eigenvalue weighted by molar-refractivity contribution is -0.131. The largest absolute Gasteiger partial charge is 0.340 e. The second-order valence-electron chi connectivity index (χ2n) is 6.05. The number of likely N-dealkylation sites (tertiary alicyclic amines) is 1. The van der Waals surface area contributed by atoms with Crippen molar-refractivity contribution in [2.75, 3.05) is 13.1 Å². The summed E-state index contributed by atoms with van der Waals surface area (Å²) in [5, 5.41) is 4.17. The molecule has 0 aromatic carbocycles. The highest BCUT2D eigenvalue weighted by molar-refractivity contribution is 5.76. The van der Waals surface area contributed by atoms with Crippen molar-refractivity contribution >= 4 is 5.91 Å². The molecular weight excluding hydrogens is 278 g/mol. The van der Waals surface area contributed by atoms with Crippen molar-refractivity contribution in [3.05, 3.63) is 41.2 Å². The smallest absolute Gasteiger partial charge is 0.244 e. The van der Waals surface area contributed by atoms with Crippen molar-refractivity contribution < 1.29 is 4.79 Å². The monoisotopic (exact) mass is 299 g/mol. The fourth-order valence-electron chi connectivity index (χ4n) is 2.93. The Kier molecular flexibility index (Phi) is 3.92. The third kappa shape index (κ3) is 3.16. The van der Waals surface area contributed by atoms with Crippen LogP contribution >= 0.6 is 0 Å². The summed E-state index contributed by atoms with van der Waals surface area (Å²) in [5.74, 6) is 1.21. The highest BCUT2D eigenvalue weighted by Gasteiger charge is 2.29. The zero-order chi connectivity index (χ0) is 15.7. The molecule has 1 aliphatic rings. The van der Waals surface area contributed by atoms with E-state index in [9.17, 15) is 4.79 Å². The van der Waals surface area contributed by atoms with Crippen molar-refractivity contribution in [3.63, 3.8) is 0 Å². The van der Waals surface area contributed by atoms with Crippen LogP contribution in [0.4, 0.5) is 0 Å². The minimum atomic E-state index is 0.106. The van der Waals surface area contributed by atoms with Gasteiger partial charge in [-0.2, -0.15) is 5.10 Å². The molecule has 0 aliphatic carbocycles. The number of aryl methyl sites for hydroxylation is 3. The Morgan fingerprint density at radius 2 is 2.00 bits per heavy atom. The first-order valence-electron chi connectivity index (χ1n) is 7.60. The van der Waals surface area contributed by atoms with Gasteiger partial charge in [-0.15, -0.1) is 0 Å². The van der Waals surface area contributed by atoms with E-state index in [2.05, 4.69) is 15.1 Å². The second-order valence-corrected chi connectivity index (χ2v) is 6.05. The number of hydrogen-bond acceptors (Lipinski definition) is 4. The molecule has 1 saturated heterocycles. The highest BCUT2D eigenvalue weighted by Crippen LogP contribution is 2.25. The molecule has 2 aromatic heterocycles. The number of aromatic nitrogens is 4. The van der Waals surface area contributed by atoms with E-state index in [0.29, 0.717) is 13.1 Å². The first-order valence-corrected chi connectivity index (χ1v) is 7.60. The van der Waals surface area contributed by atoms with E-state index >= 15 is 0 Å². The van der Waals surface area contributed by atoms with E-state index in [4.69, 9.17) is 0 Å². The van der Waals surface area contributed by atoms with Gasteiger partial charge in [-0.1, -0.05) is 0 Å². The molecule has 1 atom stereocenters. The molecule has 3 rings (SSSR count). The van der Waals surface area contributed by atoms with Crippen LogP contribution in [0.25, 0.3) is 0 Å². The van der Waals surface area contributed by atoms with Gasteiger partial charge in [-0.3, -0.25) is 9.48 Å². The molecule has 2 aromatic rings. The number of carbonyl (C=O) groups is 1. The molecule has 1 amide bonds. The summed E-state index contributed by atoms with van der Waals surface area (Å²) in [6.07, 6.45) is 4.58. The van der Waals surface area contributed by atoms with E-state index in [1.165, 1.54) is 0 Å². The maximum absolute atomic E-state index is 12.4. The van der Waals surface area contributed by atoms with Crippen molar-refractivity contribution in [1.29, 1.82) is 0 Å². The molecule has 0 radical (unpaired) electrons. The Labute approximate surface area is 130 Å². The molecular formula is C16H21N5O. The fraction of sp³-hybridized carbons (Fsp3) is 0.500. The van der Waals surface area contributed by atoms with Crippen LogP contribution in [-0.4, -0.2) is 43.6 Å². The van der Waals surface area contributed by atoms with Gasteiger partial charge in [0.05, 0.1) is 6.20 Å². The van der Waals surface area contributed by atoms with Gasteiger partial charge in [0.25, 0.3) is 0 Å². The van der Waals surface area contributed by atoms with Gasteiger partial charge in [0.1, 0.15) is 12.4 Å². The third-order valence-corrected chi connectivity index (χ3v) is 3.97. The Morgan fingerprint density at radius 3 is 2.64 bits per heavy atom. The minimum absolute atomic E-state index is 0.106. The van der Waals surface area contributed by atoms with Crippen molar-refractivity contribution in [1.82, 2.24) is 24.6 Å². The number of nitrogens with zero attached hydrogens (tertiary/aromatic N) is 5. The lowest BCUT2D eigenvalue weighted by atomic mass is 10.1. The lowest BCUT2D eigenvalue weighted by Crippen LogP contribution is -2.32. The van der Waals surface area contributed by atoms with Gasteiger partial charge in [0.15, 0.2) is 0 Å². The summed E-state index contributed by atoms with van der Waals surface area (Å²) in [4.78, 5) is 23.3. The summed E-state index contributed by atoms with van der Waals surface area (Å²) in [6.45, 7) is 7.69. The second kappa shape index (κ2) is 5.87. The van der Waals surface area contributed by atoms with Gasteiger partial charge in [0, 0.05) is 36.6 Å². The van der Waals surface area contributed by atoms with E-state index in [0.717, 1.165) is 35.7 Å². The Hall–Kier alpha value is -2.24. The molecule has 6 heteroatoms. The standard InChI is InChI=1S/C16H21N5O/c1-11-7-17-21(8-11)10-15(22)20-5-4-14(9-20)16-18-12(2)6-13(3)19-16/h6-8,14H,4-5,9-10H2,1-3H3. The van der Waals surface area contributed by atoms with Crippen molar-refractivity contribution in [3.8, 4) is 0 Å². The van der Waals surface area contributed by atoms with E-state index in [1.807, 2.05) is 37.9 Å². The number of carbonyl (C=O) groups excluding carboxylic acids is 1. The number of hydrogen-bond donors (Lipinski definition) is 0. The quantitative estimate of drug-likeness (QED) is 0.864. The van der Waals surface area contributed by atoms with Crippen LogP contribution in [0.2, 0.25) is 0 Å². The van der Waals surface area contributed by atoms with Gasteiger partial charge in [-0.05, 0) is 38.8 Å². The molecule has 6 nitrogen and oxygen atoms in total. The molecule has 0 spiro atoms. The van der Waals surface area contributed by atoms with Gasteiger partial charge in [-0.25, -0.2) is 9.97 Å². The van der Waals surface area contributed by atoms with Crippen molar-refractivity contribution in [2.45, 2.75) is 39.7 Å². The van der Waals surface area contributed by atoms with E-state index in [-0.39, 0.29) is 11.8 Å². The van der Waals surface area contributed by atoms with Crippen molar-refractivity contribution in [2.24, 2.45) is 0 Å². The molecule has 116 valence electrons. The SMILES string of the molecule is Cc1cnn(CC(=O)N2CCC(c3nc(C)cc(C)n3)C2)c1. The Morgan fingerprint density at radius 1 is 1.27 bits per heavy atom. The summed E-state index contributed by atoms with van der Waals surface area (Å²) < 4.78 is 1.69. The zero-order valence-electron chi connectivity index (χ0n) is 13.3. The summed E-state index contributed by atoms with van der Waals surface area (Å²) in [6, 6.07) is 1.97. The van der Waals surface area contributed by atoms with Crippen LogP contribution < -0.4 is 0 Å². The molecule has 0 N–H and O–H groups in total. The predicted molar refractivity (Wildman–Crippen MR) is 82.4 cm³/mol. The fourth-order valence-corrected chi connectivity index (χ4v) is 2.93. The van der Waals surface area contributed by atoms with Crippen LogP contribution in [0.3, 0.4) is 0 Å². The zero-order valence-corrected chi connectivity index (χ0v) is 13.3. The van der Waals surface area contributed by atoms with Crippen LogP contribution in [0, 0.1) is 20.8 Å². The first kappa shape index (κ1) is 14.7. The summed E-state index contributed by atoms with van der Waals surface area (Å²) >= 11 is 0. The number of amides is 1. The minimum Gasteiger partial charge on any atom is -0.340 e. The normalized spacial score (nSPS) is 18.0. The molecule has 0 saturated carbocycles. The molecule has 22 heavy (non-hydrogen) atoms. The van der Waals surface area contributed by atoms with Crippen LogP contribution in [0.1, 0.15) is 35.1 Å². The molecule has 3 heterocycles. The van der Waals surface area contributed by atoms with Crippen LogP contribution in [0.5, 0.6) is 0 Å². The van der Waals surface area contributed by atoms with Gasteiger partial charge >= 0.3 is 0 Å². The van der Waals surface area contributed by atoms with Gasteiger partial charge < -0.3 is 4.90 Å². The Balaban J connectivity index is 1.65. The maximum Gasteiger partial charge on any atom is 0.244 e. The topological polar surface area (TPSA) is 63.9 Å². The average molecular weight is 299 g/mol. The van der Waals surface area contributed by atoms with E-state index < -0.39 is 0 Å². The molecule has 1 fully saturated rings.